The summed E-state index contributed by atoms with van der Waals surface area (Å²) in [6.07, 6.45) is 10.5. The highest BCUT2D eigenvalue weighted by atomic mass is 127. The van der Waals surface area contributed by atoms with Crippen molar-refractivity contribution in [3.63, 3.8) is 0 Å². The Bertz CT molecular complexity index is 439. The average Bonchev–Trinajstić information content (AvgIpc) is 3.20. The molecular formula is C20H39IN4O3. The lowest BCUT2D eigenvalue weighted by atomic mass is 9.87. The molecule has 28 heavy (non-hydrogen) atoms. The molecule has 0 aromatic carbocycles. The van der Waals surface area contributed by atoms with E-state index in [1.807, 2.05) is 0 Å². The summed E-state index contributed by atoms with van der Waals surface area (Å²) in [7, 11) is 1.75. The first-order valence-electron chi connectivity index (χ1n) is 10.7. The molecule has 1 amide bonds. The van der Waals surface area contributed by atoms with Crippen molar-refractivity contribution in [1.29, 1.82) is 0 Å². The van der Waals surface area contributed by atoms with E-state index in [0.717, 1.165) is 45.0 Å². The molecule has 1 atom stereocenters. The fourth-order valence-corrected chi connectivity index (χ4v) is 3.70. The number of rotatable bonds is 11. The third kappa shape index (κ3) is 11.4. The van der Waals surface area contributed by atoms with Crippen molar-refractivity contribution in [2.75, 3.05) is 46.5 Å². The van der Waals surface area contributed by atoms with Gasteiger partial charge in [-0.1, -0.05) is 19.3 Å². The van der Waals surface area contributed by atoms with Crippen LogP contribution in [-0.4, -0.2) is 64.5 Å². The second-order valence-electron chi connectivity index (χ2n) is 7.55. The molecule has 1 aliphatic carbocycles. The van der Waals surface area contributed by atoms with Crippen molar-refractivity contribution in [3.8, 4) is 0 Å². The summed E-state index contributed by atoms with van der Waals surface area (Å²) in [5, 5.41) is 9.50. The number of hydrogen-bond acceptors (Lipinski definition) is 4. The summed E-state index contributed by atoms with van der Waals surface area (Å²) >= 11 is 0. The highest BCUT2D eigenvalue weighted by Crippen LogP contribution is 2.25. The van der Waals surface area contributed by atoms with Crippen LogP contribution in [0.15, 0.2) is 4.99 Å². The van der Waals surface area contributed by atoms with Gasteiger partial charge in [0.2, 0.25) is 5.91 Å². The minimum Gasteiger partial charge on any atom is -0.379 e. The van der Waals surface area contributed by atoms with Gasteiger partial charge in [0.1, 0.15) is 0 Å². The predicted octanol–water partition coefficient (Wildman–Crippen LogP) is 2.44. The van der Waals surface area contributed by atoms with Gasteiger partial charge in [-0.2, -0.15) is 0 Å². The van der Waals surface area contributed by atoms with Crippen LogP contribution in [0.5, 0.6) is 0 Å². The Morgan fingerprint density at radius 3 is 2.50 bits per heavy atom. The largest absolute Gasteiger partial charge is 0.379 e. The van der Waals surface area contributed by atoms with E-state index >= 15 is 0 Å². The van der Waals surface area contributed by atoms with Crippen LogP contribution in [0.2, 0.25) is 0 Å². The van der Waals surface area contributed by atoms with Crippen molar-refractivity contribution >= 4 is 35.8 Å². The maximum Gasteiger partial charge on any atom is 0.220 e. The lowest BCUT2D eigenvalue weighted by Gasteiger charge is -2.20. The fourth-order valence-electron chi connectivity index (χ4n) is 3.70. The molecular weight excluding hydrogens is 471 g/mol. The first kappa shape index (κ1) is 25.4. The van der Waals surface area contributed by atoms with Crippen molar-refractivity contribution in [3.05, 3.63) is 0 Å². The van der Waals surface area contributed by atoms with E-state index in [0.29, 0.717) is 38.1 Å². The highest BCUT2D eigenvalue weighted by molar-refractivity contribution is 14.0. The molecule has 1 heterocycles. The molecule has 1 saturated carbocycles. The Morgan fingerprint density at radius 2 is 1.79 bits per heavy atom. The fraction of sp³-hybridized carbons (Fsp3) is 0.900. The Hall–Kier alpha value is -0.610. The molecule has 8 heteroatoms. The van der Waals surface area contributed by atoms with E-state index in [-0.39, 0.29) is 29.9 Å². The van der Waals surface area contributed by atoms with Crippen molar-refractivity contribution in [2.45, 2.75) is 63.9 Å². The molecule has 0 radical (unpaired) electrons. The lowest BCUT2D eigenvalue weighted by molar-refractivity contribution is -0.122. The van der Waals surface area contributed by atoms with E-state index < -0.39 is 0 Å². The van der Waals surface area contributed by atoms with Gasteiger partial charge in [0, 0.05) is 46.3 Å². The third-order valence-corrected chi connectivity index (χ3v) is 5.25. The predicted molar refractivity (Wildman–Crippen MR) is 123 cm³/mol. The summed E-state index contributed by atoms with van der Waals surface area (Å²) in [5.41, 5.74) is 0. The maximum atomic E-state index is 12.0. The first-order chi connectivity index (χ1) is 13.3. The molecule has 0 spiro atoms. The van der Waals surface area contributed by atoms with E-state index in [1.54, 1.807) is 7.05 Å². The lowest BCUT2D eigenvalue weighted by Crippen LogP contribution is -2.42. The highest BCUT2D eigenvalue weighted by Gasteiger charge is 2.16. The molecule has 2 aliphatic rings. The first-order valence-corrected chi connectivity index (χ1v) is 10.7. The molecule has 2 fully saturated rings. The van der Waals surface area contributed by atoms with E-state index in [9.17, 15) is 4.79 Å². The van der Waals surface area contributed by atoms with Crippen molar-refractivity contribution < 1.29 is 14.3 Å². The van der Waals surface area contributed by atoms with Crippen LogP contribution in [0.25, 0.3) is 0 Å². The zero-order chi connectivity index (χ0) is 19.2. The smallest absolute Gasteiger partial charge is 0.220 e. The molecule has 3 N–H and O–H groups in total. The molecule has 0 aromatic rings. The van der Waals surface area contributed by atoms with Crippen LogP contribution >= 0.6 is 24.0 Å². The number of nitrogens with one attached hydrogen (secondary N) is 3. The molecule has 1 saturated heterocycles. The number of hydrogen-bond donors (Lipinski definition) is 3. The summed E-state index contributed by atoms with van der Waals surface area (Å²) < 4.78 is 11.2. The Labute approximate surface area is 187 Å². The zero-order valence-corrected chi connectivity index (χ0v) is 19.7. The van der Waals surface area contributed by atoms with Gasteiger partial charge in [-0.05, 0) is 38.0 Å². The molecule has 7 nitrogen and oxygen atoms in total. The monoisotopic (exact) mass is 510 g/mol. The standard InChI is InChI=1S/C20H38N4O3.HI/c1-21-20(23-10-6-13-26-16-18-9-5-14-27-18)24-12-11-22-19(25)15-17-7-3-2-4-8-17;/h17-18H,2-16H2,1H3,(H,22,25)(H2,21,23,24);1H. The number of carbonyl (C=O) groups excluding carboxylic acids is 1. The average molecular weight is 510 g/mol. The molecule has 0 bridgehead atoms. The Balaban J connectivity index is 0.00000392. The minimum atomic E-state index is 0. The third-order valence-electron chi connectivity index (χ3n) is 5.25. The molecule has 164 valence electrons. The van der Waals surface area contributed by atoms with Crippen LogP contribution in [0.4, 0.5) is 0 Å². The van der Waals surface area contributed by atoms with Crippen LogP contribution in [0.1, 0.15) is 57.8 Å². The summed E-state index contributed by atoms with van der Waals surface area (Å²) in [6, 6.07) is 0. The van der Waals surface area contributed by atoms with Crippen LogP contribution in [0.3, 0.4) is 0 Å². The maximum absolute atomic E-state index is 12.0. The molecule has 1 unspecified atom stereocenters. The number of amides is 1. The van der Waals surface area contributed by atoms with Gasteiger partial charge in [-0.15, -0.1) is 24.0 Å². The number of ether oxygens (including phenoxy) is 2. The van der Waals surface area contributed by atoms with Crippen molar-refractivity contribution in [2.24, 2.45) is 10.9 Å². The van der Waals surface area contributed by atoms with Crippen LogP contribution in [0, 0.1) is 5.92 Å². The van der Waals surface area contributed by atoms with E-state index in [1.165, 1.54) is 32.1 Å². The number of carbonyl (C=O) groups is 1. The second-order valence-corrected chi connectivity index (χ2v) is 7.55. The number of halogens is 1. The topological polar surface area (TPSA) is 84.0 Å². The molecule has 0 aromatic heterocycles. The summed E-state index contributed by atoms with van der Waals surface area (Å²) in [6.45, 7) is 4.40. The number of aliphatic imine (C=N–C) groups is 1. The van der Waals surface area contributed by atoms with Gasteiger partial charge in [-0.25, -0.2) is 0 Å². The van der Waals surface area contributed by atoms with E-state index in [2.05, 4.69) is 20.9 Å². The van der Waals surface area contributed by atoms with Gasteiger partial charge < -0.3 is 25.4 Å². The number of guanidine groups is 1. The summed E-state index contributed by atoms with van der Waals surface area (Å²) in [5.74, 6) is 1.52. The molecule has 2 rings (SSSR count). The minimum absolute atomic E-state index is 0. The Kier molecular flexibility index (Phi) is 14.7. The van der Waals surface area contributed by atoms with Crippen LogP contribution < -0.4 is 16.0 Å². The second kappa shape index (κ2) is 16.2. The van der Waals surface area contributed by atoms with E-state index in [4.69, 9.17) is 9.47 Å². The van der Waals surface area contributed by atoms with Gasteiger partial charge >= 0.3 is 0 Å². The normalized spacial score (nSPS) is 20.5. The van der Waals surface area contributed by atoms with Gasteiger partial charge in [-0.3, -0.25) is 9.79 Å². The van der Waals surface area contributed by atoms with Gasteiger partial charge in [0.05, 0.1) is 12.7 Å². The Morgan fingerprint density at radius 1 is 1.04 bits per heavy atom. The molecule has 1 aliphatic heterocycles. The number of nitrogens with zero attached hydrogens (tertiary/aromatic N) is 1. The summed E-state index contributed by atoms with van der Waals surface area (Å²) in [4.78, 5) is 16.2. The van der Waals surface area contributed by atoms with Gasteiger partial charge in [0.25, 0.3) is 0 Å². The van der Waals surface area contributed by atoms with Crippen LogP contribution in [-0.2, 0) is 14.3 Å². The zero-order valence-electron chi connectivity index (χ0n) is 17.3. The van der Waals surface area contributed by atoms with Crippen molar-refractivity contribution in [1.82, 2.24) is 16.0 Å². The van der Waals surface area contributed by atoms with Gasteiger partial charge in [0.15, 0.2) is 5.96 Å². The quantitative estimate of drug-likeness (QED) is 0.172. The SMILES string of the molecule is CN=C(NCCCOCC1CCCO1)NCCNC(=O)CC1CCCCC1.I.